The van der Waals surface area contributed by atoms with E-state index in [1.54, 1.807) is 11.6 Å². The van der Waals surface area contributed by atoms with Crippen molar-refractivity contribution in [1.29, 1.82) is 0 Å². The molecule has 0 aliphatic rings. The summed E-state index contributed by atoms with van der Waals surface area (Å²) in [5.74, 6) is 2.85. The molecule has 29 heavy (non-hydrogen) atoms. The Labute approximate surface area is 166 Å². The third-order valence-electron chi connectivity index (χ3n) is 5.03. The minimum Gasteiger partial charge on any atom is -0.479 e. The molecule has 0 aliphatic carbocycles. The molecule has 0 amide bonds. The molecule has 5 aromatic heterocycles. The Morgan fingerprint density at radius 2 is 2.00 bits per heavy atom. The fourth-order valence-corrected chi connectivity index (χ4v) is 3.64. The third kappa shape index (κ3) is 2.74. The number of nitrogens with zero attached hydrogens (tertiary/aromatic N) is 7. The van der Waals surface area contributed by atoms with E-state index in [1.807, 2.05) is 39.2 Å². The summed E-state index contributed by atoms with van der Waals surface area (Å²) in [6.45, 7) is 6.31. The van der Waals surface area contributed by atoms with Crippen LogP contribution in [-0.2, 0) is 6.54 Å². The highest BCUT2D eigenvalue weighted by Crippen LogP contribution is 2.31. The zero-order valence-corrected chi connectivity index (χ0v) is 16.5. The van der Waals surface area contributed by atoms with Crippen LogP contribution in [0.5, 0.6) is 5.88 Å². The van der Waals surface area contributed by atoms with Crippen molar-refractivity contribution in [2.45, 2.75) is 27.3 Å². The highest BCUT2D eigenvalue weighted by Gasteiger charge is 2.17. The summed E-state index contributed by atoms with van der Waals surface area (Å²) in [6, 6.07) is 4.06. The number of pyridine rings is 1. The van der Waals surface area contributed by atoms with Crippen LogP contribution in [0.25, 0.3) is 27.8 Å². The van der Waals surface area contributed by atoms with Crippen LogP contribution in [0.2, 0.25) is 0 Å². The predicted octanol–water partition coefficient (Wildman–Crippen LogP) is 3.11. The van der Waals surface area contributed by atoms with E-state index in [0.29, 0.717) is 24.0 Å². The molecule has 0 unspecified atom stereocenters. The van der Waals surface area contributed by atoms with E-state index < -0.39 is 0 Å². The Morgan fingerprint density at radius 1 is 1.14 bits per heavy atom. The molecule has 0 fully saturated rings. The number of fused-ring (bicyclic) bond motifs is 2. The molecule has 5 aromatic rings. The lowest BCUT2D eigenvalue weighted by molar-refractivity contribution is 0.399. The van der Waals surface area contributed by atoms with Crippen molar-refractivity contribution in [3.8, 4) is 17.0 Å². The van der Waals surface area contributed by atoms with Crippen LogP contribution in [-0.4, -0.2) is 41.2 Å². The van der Waals surface area contributed by atoms with Crippen molar-refractivity contribution in [2.75, 3.05) is 7.11 Å². The molecule has 0 spiro atoms. The van der Waals surface area contributed by atoms with Gasteiger partial charge in [0.05, 0.1) is 19.2 Å². The van der Waals surface area contributed by atoms with Gasteiger partial charge in [0.2, 0.25) is 5.88 Å². The van der Waals surface area contributed by atoms with Crippen LogP contribution in [0.3, 0.4) is 0 Å². The van der Waals surface area contributed by atoms with Crippen LogP contribution in [0.4, 0.5) is 0 Å². The van der Waals surface area contributed by atoms with Gasteiger partial charge < -0.3 is 13.7 Å². The lowest BCUT2D eigenvalue weighted by Crippen LogP contribution is -2.04. The van der Waals surface area contributed by atoms with Crippen molar-refractivity contribution < 1.29 is 9.15 Å². The highest BCUT2D eigenvalue weighted by atomic mass is 16.5. The van der Waals surface area contributed by atoms with E-state index in [2.05, 4.69) is 35.7 Å². The summed E-state index contributed by atoms with van der Waals surface area (Å²) in [7, 11) is 1.60. The lowest BCUT2D eigenvalue weighted by atomic mass is 10.1. The average molecular weight is 389 g/mol. The summed E-state index contributed by atoms with van der Waals surface area (Å²) in [6.07, 6.45) is 5.16. The molecular weight excluding hydrogens is 370 g/mol. The molecule has 0 atom stereocenters. The number of methoxy groups -OCH3 is 1. The van der Waals surface area contributed by atoms with E-state index in [0.717, 1.165) is 39.4 Å². The van der Waals surface area contributed by atoms with Crippen molar-refractivity contribution in [3.63, 3.8) is 0 Å². The SMILES string of the molecule is COc1ncnn2ccc(-c3cnc4nc(C)n(Cc5nc(C)oc5C)c4c3)c12. The number of hydrogen-bond acceptors (Lipinski definition) is 7. The van der Waals surface area contributed by atoms with Crippen LogP contribution in [0, 0.1) is 20.8 Å². The van der Waals surface area contributed by atoms with Crippen LogP contribution in [0.1, 0.15) is 23.2 Å². The van der Waals surface area contributed by atoms with Crippen LogP contribution in [0.15, 0.2) is 35.3 Å². The zero-order valence-electron chi connectivity index (χ0n) is 16.5. The van der Waals surface area contributed by atoms with Gasteiger partial charge in [0.25, 0.3) is 0 Å². The van der Waals surface area contributed by atoms with Gasteiger partial charge in [-0.15, -0.1) is 0 Å². The van der Waals surface area contributed by atoms with Gasteiger partial charge in [-0.1, -0.05) is 0 Å². The first-order valence-electron chi connectivity index (χ1n) is 9.17. The normalized spacial score (nSPS) is 11.6. The van der Waals surface area contributed by atoms with Crippen molar-refractivity contribution in [1.82, 2.24) is 34.1 Å². The average Bonchev–Trinajstić information content (AvgIpc) is 3.37. The Kier molecular flexibility index (Phi) is 3.83. The van der Waals surface area contributed by atoms with E-state index in [9.17, 15) is 0 Å². The molecular formula is C20H19N7O2. The van der Waals surface area contributed by atoms with Gasteiger partial charge in [-0.2, -0.15) is 10.1 Å². The predicted molar refractivity (Wildman–Crippen MR) is 106 cm³/mol. The number of aryl methyl sites for hydroxylation is 3. The van der Waals surface area contributed by atoms with Gasteiger partial charge in [-0.3, -0.25) is 0 Å². The number of oxazole rings is 1. The summed E-state index contributed by atoms with van der Waals surface area (Å²) >= 11 is 0. The maximum absolute atomic E-state index is 5.58. The summed E-state index contributed by atoms with van der Waals surface area (Å²) < 4.78 is 14.9. The standard InChI is InChI=1S/C20H19N7O2/c1-11-16(25-13(3)29-11)9-26-12(2)24-19-17(26)7-14(8-21-19)15-5-6-27-18(15)20(28-4)22-10-23-27/h5-8,10H,9H2,1-4H3. The van der Waals surface area contributed by atoms with Gasteiger partial charge in [0.15, 0.2) is 11.5 Å². The molecule has 146 valence electrons. The molecule has 9 nitrogen and oxygen atoms in total. The zero-order chi connectivity index (χ0) is 20.1. The second kappa shape index (κ2) is 6.40. The number of rotatable bonds is 4. The maximum atomic E-state index is 5.58. The Bertz CT molecular complexity index is 1360. The number of ether oxygens (including phenoxy) is 1. The fourth-order valence-electron chi connectivity index (χ4n) is 3.64. The lowest BCUT2D eigenvalue weighted by Gasteiger charge is -2.07. The molecule has 0 radical (unpaired) electrons. The summed E-state index contributed by atoms with van der Waals surface area (Å²) in [4.78, 5) is 17.9. The first kappa shape index (κ1) is 17.4. The Morgan fingerprint density at radius 3 is 2.76 bits per heavy atom. The van der Waals surface area contributed by atoms with Gasteiger partial charge in [0.1, 0.15) is 29.1 Å². The second-order valence-electron chi connectivity index (χ2n) is 6.84. The van der Waals surface area contributed by atoms with Crippen molar-refractivity contribution in [3.05, 3.63) is 54.0 Å². The van der Waals surface area contributed by atoms with Gasteiger partial charge in [-0.05, 0) is 26.0 Å². The monoisotopic (exact) mass is 389 g/mol. The van der Waals surface area contributed by atoms with Gasteiger partial charge >= 0.3 is 0 Å². The fraction of sp³-hybridized carbons (Fsp3) is 0.250. The largest absolute Gasteiger partial charge is 0.479 e. The quantitative estimate of drug-likeness (QED) is 0.466. The van der Waals surface area contributed by atoms with Crippen molar-refractivity contribution in [2.24, 2.45) is 0 Å². The van der Waals surface area contributed by atoms with E-state index in [1.165, 1.54) is 6.33 Å². The second-order valence-corrected chi connectivity index (χ2v) is 6.84. The Hall–Kier alpha value is -3.75. The maximum Gasteiger partial charge on any atom is 0.241 e. The summed E-state index contributed by atoms with van der Waals surface area (Å²) in [5.41, 5.74) is 5.17. The highest BCUT2D eigenvalue weighted by molar-refractivity contribution is 5.87. The number of aromatic nitrogens is 7. The Balaban J connectivity index is 1.67. The molecule has 0 saturated carbocycles. The van der Waals surface area contributed by atoms with Crippen molar-refractivity contribution >= 4 is 16.7 Å². The molecule has 0 saturated heterocycles. The third-order valence-corrected chi connectivity index (χ3v) is 5.03. The molecule has 5 rings (SSSR count). The van der Waals surface area contributed by atoms with E-state index in [4.69, 9.17) is 9.15 Å². The first-order chi connectivity index (χ1) is 14.0. The molecule has 0 bridgehead atoms. The van der Waals surface area contributed by atoms with Gasteiger partial charge in [0, 0.05) is 30.4 Å². The number of imidazole rings is 1. The van der Waals surface area contributed by atoms with Crippen LogP contribution < -0.4 is 4.74 Å². The van der Waals surface area contributed by atoms with Crippen LogP contribution >= 0.6 is 0 Å². The van der Waals surface area contributed by atoms with Gasteiger partial charge in [-0.25, -0.2) is 19.5 Å². The summed E-state index contributed by atoms with van der Waals surface area (Å²) in [5, 5.41) is 4.26. The molecule has 5 heterocycles. The number of hydrogen-bond donors (Lipinski definition) is 0. The van der Waals surface area contributed by atoms with E-state index >= 15 is 0 Å². The topological polar surface area (TPSA) is 96.2 Å². The molecule has 9 heteroatoms. The molecule has 0 aliphatic heterocycles. The van der Waals surface area contributed by atoms with E-state index in [-0.39, 0.29) is 0 Å². The minimum atomic E-state index is 0.512. The smallest absolute Gasteiger partial charge is 0.241 e. The first-order valence-corrected chi connectivity index (χ1v) is 9.17. The molecule has 0 N–H and O–H groups in total. The minimum absolute atomic E-state index is 0.512. The molecule has 0 aromatic carbocycles.